The summed E-state index contributed by atoms with van der Waals surface area (Å²) in [4.78, 5) is 34.6. The number of halogens is 4. The van der Waals surface area contributed by atoms with Gasteiger partial charge in [0, 0.05) is 28.5 Å². The van der Waals surface area contributed by atoms with E-state index in [1.54, 1.807) is 6.92 Å². The summed E-state index contributed by atoms with van der Waals surface area (Å²) in [5.41, 5.74) is 6.36. The number of nitrogens with one attached hydrogen (secondary N) is 1. The summed E-state index contributed by atoms with van der Waals surface area (Å²) in [7, 11) is 0. The van der Waals surface area contributed by atoms with E-state index in [9.17, 15) is 32.3 Å². The lowest BCUT2D eigenvalue weighted by molar-refractivity contribution is -0.265. The van der Waals surface area contributed by atoms with Crippen LogP contribution < -0.4 is 26.3 Å². The molecule has 2 aromatic carbocycles. The summed E-state index contributed by atoms with van der Waals surface area (Å²) in [6.45, 7) is -0.00677. The van der Waals surface area contributed by atoms with Gasteiger partial charge in [0.25, 0.3) is 5.91 Å². The number of rotatable bonds is 11. The van der Waals surface area contributed by atoms with E-state index >= 15 is 0 Å². The van der Waals surface area contributed by atoms with E-state index in [1.807, 2.05) is 0 Å². The number of benzene rings is 2. The van der Waals surface area contributed by atoms with Crippen molar-refractivity contribution in [3.05, 3.63) is 70.7 Å². The Morgan fingerprint density at radius 1 is 1.17 bits per heavy atom. The zero-order chi connectivity index (χ0) is 33.7. The number of carbonyl (C=O) groups excluding carboxylic acids is 2. The van der Waals surface area contributed by atoms with E-state index in [0.717, 1.165) is 43.9 Å². The van der Waals surface area contributed by atoms with Gasteiger partial charge in [0.05, 0.1) is 30.1 Å². The van der Waals surface area contributed by atoms with Crippen LogP contribution >= 0.6 is 0 Å². The quantitative estimate of drug-likeness (QED) is 0.136. The Morgan fingerprint density at radius 2 is 1.87 bits per heavy atom. The Kier molecular flexibility index (Phi) is 8.10. The molecule has 6 rings (SSSR count). The van der Waals surface area contributed by atoms with Gasteiger partial charge in [0.2, 0.25) is 11.5 Å². The highest BCUT2D eigenvalue weighted by molar-refractivity contribution is 5.99. The number of pyridine rings is 1. The highest BCUT2D eigenvalue weighted by Crippen LogP contribution is 2.49. The molecule has 0 unspecified atom stereocenters. The van der Waals surface area contributed by atoms with Crippen molar-refractivity contribution in [2.45, 2.75) is 68.4 Å². The van der Waals surface area contributed by atoms with Crippen molar-refractivity contribution in [1.82, 2.24) is 10.3 Å². The van der Waals surface area contributed by atoms with Crippen LogP contribution in [0.5, 0.6) is 11.5 Å². The molecule has 14 heteroatoms. The van der Waals surface area contributed by atoms with Crippen molar-refractivity contribution in [3.63, 3.8) is 0 Å². The zero-order valence-electron chi connectivity index (χ0n) is 25.4. The third-order valence-electron chi connectivity index (χ3n) is 8.77. The fraction of sp³-hybridized carbons (Fsp3) is 0.394. The van der Waals surface area contributed by atoms with Gasteiger partial charge in [-0.15, -0.1) is 0 Å². The van der Waals surface area contributed by atoms with Gasteiger partial charge in [0.15, 0.2) is 0 Å². The number of aliphatic imine (C=N–C) groups is 1. The van der Waals surface area contributed by atoms with E-state index in [2.05, 4.69) is 15.3 Å². The molecule has 10 nitrogen and oxygen atoms in total. The van der Waals surface area contributed by atoms with E-state index in [1.165, 1.54) is 30.5 Å². The molecule has 47 heavy (non-hydrogen) atoms. The second-order valence-corrected chi connectivity index (χ2v) is 12.2. The van der Waals surface area contributed by atoms with Crippen molar-refractivity contribution in [3.8, 4) is 22.8 Å². The Bertz CT molecular complexity index is 1760. The molecular weight excluding hydrogens is 622 g/mol. The van der Waals surface area contributed by atoms with Crippen LogP contribution in [-0.2, 0) is 15.8 Å². The fourth-order valence-corrected chi connectivity index (χ4v) is 5.40. The first-order chi connectivity index (χ1) is 22.3. The monoisotopic (exact) mass is 655 g/mol. The number of primary amides is 1. The maximum Gasteiger partial charge on any atom is 0.424 e. The second kappa shape index (κ2) is 11.8. The van der Waals surface area contributed by atoms with Crippen LogP contribution in [0.1, 0.15) is 66.2 Å². The van der Waals surface area contributed by atoms with Crippen LogP contribution in [0.4, 0.5) is 23.2 Å². The van der Waals surface area contributed by atoms with Crippen LogP contribution in [0.25, 0.3) is 11.3 Å². The number of aromatic nitrogens is 1. The van der Waals surface area contributed by atoms with Crippen LogP contribution in [0.3, 0.4) is 0 Å². The predicted octanol–water partition coefficient (Wildman–Crippen LogP) is 4.30. The molecule has 2 fully saturated rings. The molecule has 248 valence electrons. The van der Waals surface area contributed by atoms with Gasteiger partial charge >= 0.3 is 6.18 Å². The normalized spacial score (nSPS) is 20.4. The molecule has 2 atom stereocenters. The molecule has 0 radical (unpaired) electrons. The lowest BCUT2D eigenvalue weighted by Gasteiger charge is -2.32. The lowest BCUT2D eigenvalue weighted by Crippen LogP contribution is -2.52. The summed E-state index contributed by atoms with van der Waals surface area (Å²) in [6.07, 6.45) is -0.432. The van der Waals surface area contributed by atoms with Gasteiger partial charge in [-0.1, -0.05) is 6.92 Å². The number of aliphatic hydroxyl groups is 1. The molecule has 1 aliphatic heterocycles. The third kappa shape index (κ3) is 6.09. The minimum absolute atomic E-state index is 0.00850. The van der Waals surface area contributed by atoms with E-state index in [-0.39, 0.29) is 64.7 Å². The number of hydrogen-bond donors (Lipinski definition) is 4. The number of hydrogen-bond acceptors (Lipinski definition) is 8. The average Bonchev–Trinajstić information content (AvgIpc) is 3.98. The van der Waals surface area contributed by atoms with Gasteiger partial charge in [0.1, 0.15) is 35.0 Å². The fourth-order valence-electron chi connectivity index (χ4n) is 5.40. The van der Waals surface area contributed by atoms with Gasteiger partial charge < -0.3 is 31.4 Å². The van der Waals surface area contributed by atoms with Crippen molar-refractivity contribution in [1.29, 1.82) is 0 Å². The van der Waals surface area contributed by atoms with Crippen molar-refractivity contribution in [2.75, 3.05) is 18.9 Å². The molecular formula is C33H33F4N5O5. The van der Waals surface area contributed by atoms with Gasteiger partial charge in [-0.05, 0) is 74.6 Å². The third-order valence-corrected chi connectivity index (χ3v) is 8.77. The SMILES string of the molecule is CC[C@]1(C(N)=O)COc2c1cc([C@@](O)(CNC(=O)c1cc(C=NC3CC3)c(N)c(OC3CC3)c1)C(F)(F)F)nc2-c1ccc(F)cc1. The first-order valence-corrected chi connectivity index (χ1v) is 15.2. The number of amides is 2. The predicted molar refractivity (Wildman–Crippen MR) is 164 cm³/mol. The van der Waals surface area contributed by atoms with Crippen molar-refractivity contribution >= 4 is 23.7 Å². The first-order valence-electron chi connectivity index (χ1n) is 15.2. The summed E-state index contributed by atoms with van der Waals surface area (Å²) in [5.74, 6) is -2.21. The first kappa shape index (κ1) is 32.2. The number of fused-ring (bicyclic) bond motifs is 1. The maximum absolute atomic E-state index is 14.9. The topological polar surface area (TPSA) is 162 Å². The van der Waals surface area contributed by atoms with Crippen LogP contribution in [0, 0.1) is 5.82 Å². The minimum atomic E-state index is -5.37. The molecule has 0 saturated heterocycles. The smallest absolute Gasteiger partial charge is 0.424 e. The van der Waals surface area contributed by atoms with E-state index < -0.39 is 47.1 Å². The Labute approximate surface area is 267 Å². The molecule has 3 aromatic rings. The molecule has 2 saturated carbocycles. The number of nitrogens with two attached hydrogens (primary N) is 2. The molecule has 0 spiro atoms. The molecule has 3 aliphatic rings. The van der Waals surface area contributed by atoms with Crippen LogP contribution in [-0.4, -0.2) is 59.6 Å². The molecule has 2 aliphatic carbocycles. The van der Waals surface area contributed by atoms with Crippen molar-refractivity contribution in [2.24, 2.45) is 10.7 Å². The highest BCUT2D eigenvalue weighted by Gasteiger charge is 2.58. The van der Waals surface area contributed by atoms with E-state index in [4.69, 9.17) is 20.9 Å². The summed E-state index contributed by atoms with van der Waals surface area (Å²) in [6, 6.07) is 8.53. The summed E-state index contributed by atoms with van der Waals surface area (Å²) >= 11 is 0. The zero-order valence-corrected chi connectivity index (χ0v) is 25.4. The van der Waals surface area contributed by atoms with Gasteiger partial charge in [-0.2, -0.15) is 13.2 Å². The molecule has 0 bridgehead atoms. The minimum Gasteiger partial charge on any atom is -0.489 e. The summed E-state index contributed by atoms with van der Waals surface area (Å²) in [5, 5.41) is 13.6. The Hall–Kier alpha value is -4.72. The number of nitrogen functional groups attached to an aromatic ring is 1. The number of anilines is 1. The largest absolute Gasteiger partial charge is 0.489 e. The maximum atomic E-state index is 14.9. The second-order valence-electron chi connectivity index (χ2n) is 12.2. The molecule has 6 N–H and O–H groups in total. The highest BCUT2D eigenvalue weighted by atomic mass is 19.4. The molecule has 1 aromatic heterocycles. The number of ether oxygens (including phenoxy) is 2. The Balaban J connectivity index is 1.39. The molecule has 2 amide bonds. The number of nitrogens with zero attached hydrogens (tertiary/aromatic N) is 2. The standard InChI is InChI=1S/C33H33F4N5O5/c1-2-31(30(39)44)16-46-28-23(31)13-25(42-27(28)17-3-5-20(34)6-4-17)32(45,33(35,36)37)15-41-29(43)18-11-19(14-40-21-7-8-21)26(38)24(12-18)47-22-9-10-22/h3-6,11-14,21-22,45H,2,7-10,15-16,38H2,1H3,(H2,39,44)(H,41,43)/t31-,32-/m0/s1. The molecule has 2 heterocycles. The average molecular weight is 656 g/mol. The van der Waals surface area contributed by atoms with E-state index in [0.29, 0.717) is 5.56 Å². The number of carbonyl (C=O) groups is 2. The van der Waals surface area contributed by atoms with Gasteiger partial charge in [-0.3, -0.25) is 14.6 Å². The van der Waals surface area contributed by atoms with Crippen LogP contribution in [0.15, 0.2) is 47.5 Å². The lowest BCUT2D eigenvalue weighted by atomic mass is 9.78. The number of alkyl halides is 3. The van der Waals surface area contributed by atoms with Crippen LogP contribution in [0.2, 0.25) is 0 Å². The summed E-state index contributed by atoms with van der Waals surface area (Å²) < 4.78 is 70.0. The van der Waals surface area contributed by atoms with Crippen molar-refractivity contribution < 1.29 is 41.7 Å². The Morgan fingerprint density at radius 3 is 2.47 bits per heavy atom. The van der Waals surface area contributed by atoms with Gasteiger partial charge in [-0.25, -0.2) is 9.37 Å².